The molecule has 0 saturated carbocycles. The zero-order valence-corrected chi connectivity index (χ0v) is 14.8. The first kappa shape index (κ1) is 18.0. The monoisotopic (exact) mass is 349 g/mol. The van der Waals surface area contributed by atoms with Gasteiger partial charge in [-0.1, -0.05) is 11.6 Å². The number of hydrogen-bond donors (Lipinski definition) is 1. The maximum atomic E-state index is 12.0. The maximum absolute atomic E-state index is 12.0. The standard InChI is InChI=1S/C17H20ClN3O3/c1-10(2)19-15(22)9-24-17(23)13-5-7-14(8-6-13)21-12(4)16(18)11(3)20-21/h5-8,10H,9H2,1-4H3,(H,19,22). The number of benzene rings is 1. The first-order valence-electron chi connectivity index (χ1n) is 7.58. The van der Waals surface area contributed by atoms with Crippen LogP contribution in [0.3, 0.4) is 0 Å². The zero-order chi connectivity index (χ0) is 17.9. The highest BCUT2D eigenvalue weighted by Gasteiger charge is 2.13. The molecule has 2 aromatic rings. The number of amides is 1. The van der Waals surface area contributed by atoms with Gasteiger partial charge < -0.3 is 10.1 Å². The predicted molar refractivity (Wildman–Crippen MR) is 91.6 cm³/mol. The number of hydrogen-bond acceptors (Lipinski definition) is 4. The van der Waals surface area contributed by atoms with Crippen molar-refractivity contribution in [2.24, 2.45) is 0 Å². The van der Waals surface area contributed by atoms with Crippen LogP contribution in [0, 0.1) is 13.8 Å². The Morgan fingerprint density at radius 3 is 2.38 bits per heavy atom. The number of esters is 1. The SMILES string of the molecule is Cc1nn(-c2ccc(C(=O)OCC(=O)NC(C)C)cc2)c(C)c1Cl. The molecule has 1 aromatic heterocycles. The van der Waals surface area contributed by atoms with E-state index in [-0.39, 0.29) is 18.6 Å². The molecule has 24 heavy (non-hydrogen) atoms. The molecule has 128 valence electrons. The summed E-state index contributed by atoms with van der Waals surface area (Å²) in [5, 5.41) is 7.63. The maximum Gasteiger partial charge on any atom is 0.338 e. The molecular weight excluding hydrogens is 330 g/mol. The molecule has 0 saturated heterocycles. The van der Waals surface area contributed by atoms with Crippen LogP contribution in [0.4, 0.5) is 0 Å². The number of aromatic nitrogens is 2. The molecule has 0 atom stereocenters. The second-order valence-electron chi connectivity index (χ2n) is 5.74. The summed E-state index contributed by atoms with van der Waals surface area (Å²) < 4.78 is 6.70. The highest BCUT2D eigenvalue weighted by molar-refractivity contribution is 6.31. The second-order valence-corrected chi connectivity index (χ2v) is 6.12. The molecule has 0 aliphatic rings. The Kier molecular flexibility index (Phi) is 5.62. The van der Waals surface area contributed by atoms with Gasteiger partial charge in [-0.05, 0) is 52.0 Å². The molecule has 0 aliphatic carbocycles. The average Bonchev–Trinajstić information content (AvgIpc) is 2.79. The van der Waals surface area contributed by atoms with E-state index in [1.807, 2.05) is 27.7 Å². The molecule has 0 unspecified atom stereocenters. The van der Waals surface area contributed by atoms with E-state index in [9.17, 15) is 9.59 Å². The first-order valence-corrected chi connectivity index (χ1v) is 7.96. The summed E-state index contributed by atoms with van der Waals surface area (Å²) in [4.78, 5) is 23.4. The number of halogens is 1. The number of nitrogens with zero attached hydrogens (tertiary/aromatic N) is 2. The van der Waals surface area contributed by atoms with E-state index >= 15 is 0 Å². The Labute approximate surface area is 145 Å². The Morgan fingerprint density at radius 1 is 1.25 bits per heavy atom. The lowest BCUT2D eigenvalue weighted by Gasteiger charge is -2.09. The van der Waals surface area contributed by atoms with E-state index in [1.54, 1.807) is 28.9 Å². The smallest absolute Gasteiger partial charge is 0.338 e. The van der Waals surface area contributed by atoms with E-state index in [1.165, 1.54) is 0 Å². The van der Waals surface area contributed by atoms with Gasteiger partial charge in [-0.3, -0.25) is 4.79 Å². The molecule has 1 aromatic carbocycles. The van der Waals surface area contributed by atoms with Crippen molar-refractivity contribution in [3.63, 3.8) is 0 Å². The molecule has 1 amide bonds. The normalized spacial score (nSPS) is 10.8. The Morgan fingerprint density at radius 2 is 1.88 bits per heavy atom. The number of carbonyl (C=O) groups excluding carboxylic acids is 2. The molecule has 0 spiro atoms. The van der Waals surface area contributed by atoms with Gasteiger partial charge in [0.05, 0.1) is 27.7 Å². The van der Waals surface area contributed by atoms with Crippen molar-refractivity contribution in [2.45, 2.75) is 33.7 Å². The van der Waals surface area contributed by atoms with Crippen molar-refractivity contribution in [3.05, 3.63) is 46.2 Å². The molecule has 1 heterocycles. The summed E-state index contributed by atoms with van der Waals surface area (Å²) in [5.41, 5.74) is 2.73. The minimum atomic E-state index is -0.549. The van der Waals surface area contributed by atoms with Crippen LogP contribution in [-0.2, 0) is 9.53 Å². The molecule has 0 fully saturated rings. The molecule has 6 nitrogen and oxygen atoms in total. The molecule has 0 aliphatic heterocycles. The summed E-state index contributed by atoms with van der Waals surface area (Å²) in [6, 6.07) is 6.76. The molecule has 0 bridgehead atoms. The lowest BCUT2D eigenvalue weighted by atomic mass is 10.2. The molecule has 0 radical (unpaired) electrons. The van der Waals surface area contributed by atoms with Gasteiger partial charge in [-0.2, -0.15) is 5.10 Å². The van der Waals surface area contributed by atoms with E-state index in [0.717, 1.165) is 17.1 Å². The highest BCUT2D eigenvalue weighted by atomic mass is 35.5. The predicted octanol–water partition coefficient (Wildman–Crippen LogP) is 2.82. The highest BCUT2D eigenvalue weighted by Crippen LogP contribution is 2.22. The van der Waals surface area contributed by atoms with Gasteiger partial charge in [0.15, 0.2) is 6.61 Å². The number of rotatable bonds is 5. The van der Waals surface area contributed by atoms with E-state index in [0.29, 0.717) is 10.6 Å². The van der Waals surface area contributed by atoms with Gasteiger partial charge in [0.1, 0.15) is 0 Å². The number of carbonyl (C=O) groups is 2. The van der Waals surface area contributed by atoms with Gasteiger partial charge in [0, 0.05) is 6.04 Å². The largest absolute Gasteiger partial charge is 0.452 e. The van der Waals surface area contributed by atoms with E-state index < -0.39 is 5.97 Å². The fourth-order valence-electron chi connectivity index (χ4n) is 2.19. The van der Waals surface area contributed by atoms with Crippen LogP contribution in [0.5, 0.6) is 0 Å². The Hall–Kier alpha value is -2.34. The summed E-state index contributed by atoms with van der Waals surface area (Å²) in [7, 11) is 0. The zero-order valence-electron chi connectivity index (χ0n) is 14.1. The van der Waals surface area contributed by atoms with Crippen molar-refractivity contribution in [2.75, 3.05) is 6.61 Å². The lowest BCUT2D eigenvalue weighted by molar-refractivity contribution is -0.124. The number of ether oxygens (including phenoxy) is 1. The van der Waals surface area contributed by atoms with Crippen LogP contribution in [0.2, 0.25) is 5.02 Å². The van der Waals surface area contributed by atoms with Gasteiger partial charge in [0.2, 0.25) is 0 Å². The van der Waals surface area contributed by atoms with Crippen LogP contribution in [-0.4, -0.2) is 34.3 Å². The van der Waals surface area contributed by atoms with Gasteiger partial charge in [-0.25, -0.2) is 9.48 Å². The average molecular weight is 350 g/mol. The molecule has 1 N–H and O–H groups in total. The fraction of sp³-hybridized carbons (Fsp3) is 0.353. The van der Waals surface area contributed by atoms with Crippen LogP contribution in [0.1, 0.15) is 35.6 Å². The number of nitrogens with one attached hydrogen (secondary N) is 1. The quantitative estimate of drug-likeness (QED) is 0.842. The summed E-state index contributed by atoms with van der Waals surface area (Å²) in [6.07, 6.45) is 0. The van der Waals surface area contributed by atoms with E-state index in [2.05, 4.69) is 10.4 Å². The van der Waals surface area contributed by atoms with Crippen molar-refractivity contribution >= 4 is 23.5 Å². The van der Waals surface area contributed by atoms with Crippen LogP contribution >= 0.6 is 11.6 Å². The molecular formula is C17H20ClN3O3. The summed E-state index contributed by atoms with van der Waals surface area (Å²) in [6.45, 7) is 7.08. The van der Waals surface area contributed by atoms with Crippen molar-refractivity contribution in [1.29, 1.82) is 0 Å². The van der Waals surface area contributed by atoms with Crippen molar-refractivity contribution in [1.82, 2.24) is 15.1 Å². The topological polar surface area (TPSA) is 73.2 Å². The van der Waals surface area contributed by atoms with Crippen molar-refractivity contribution < 1.29 is 14.3 Å². The van der Waals surface area contributed by atoms with E-state index in [4.69, 9.17) is 16.3 Å². The third-order valence-corrected chi connectivity index (χ3v) is 3.88. The summed E-state index contributed by atoms with van der Waals surface area (Å²) >= 11 is 6.14. The fourth-order valence-corrected chi connectivity index (χ4v) is 2.31. The first-order chi connectivity index (χ1) is 11.3. The van der Waals surface area contributed by atoms with Gasteiger partial charge in [-0.15, -0.1) is 0 Å². The summed E-state index contributed by atoms with van der Waals surface area (Å²) in [5.74, 6) is -0.876. The third-order valence-electron chi connectivity index (χ3n) is 3.33. The van der Waals surface area contributed by atoms with Crippen LogP contribution < -0.4 is 5.32 Å². The second kappa shape index (κ2) is 7.49. The van der Waals surface area contributed by atoms with Gasteiger partial charge in [0.25, 0.3) is 5.91 Å². The van der Waals surface area contributed by atoms with Crippen LogP contribution in [0.25, 0.3) is 5.69 Å². The number of aryl methyl sites for hydroxylation is 1. The third kappa shape index (κ3) is 4.14. The minimum absolute atomic E-state index is 0.00285. The minimum Gasteiger partial charge on any atom is -0.452 e. The Bertz CT molecular complexity index is 751. The molecule has 7 heteroatoms. The van der Waals surface area contributed by atoms with Gasteiger partial charge >= 0.3 is 5.97 Å². The Balaban J connectivity index is 2.05. The lowest BCUT2D eigenvalue weighted by Crippen LogP contribution is -2.33. The molecule has 2 rings (SSSR count). The van der Waals surface area contributed by atoms with Crippen molar-refractivity contribution in [3.8, 4) is 5.69 Å². The van der Waals surface area contributed by atoms with Crippen LogP contribution in [0.15, 0.2) is 24.3 Å².